The standard InChI is InChI=1S/C18H15F2NO2/c19-18(20)23-13-8-4-7-12(9-13)16-15(21)10-14(17(16)22)11-5-2-1-3-6-11/h1-9,14,18H,10,21H2. The first-order valence-corrected chi connectivity index (χ1v) is 7.19. The fourth-order valence-electron chi connectivity index (χ4n) is 2.86. The molecule has 0 heterocycles. The highest BCUT2D eigenvalue weighted by atomic mass is 19.3. The minimum absolute atomic E-state index is 0.00811. The molecule has 118 valence electrons. The number of carbonyl (C=O) groups is 1. The quantitative estimate of drug-likeness (QED) is 0.935. The number of rotatable bonds is 4. The lowest BCUT2D eigenvalue weighted by atomic mass is 9.93. The third kappa shape index (κ3) is 3.08. The fraction of sp³-hybridized carbons (Fsp3) is 0.167. The summed E-state index contributed by atoms with van der Waals surface area (Å²) in [6, 6.07) is 15.5. The van der Waals surface area contributed by atoms with E-state index in [4.69, 9.17) is 5.73 Å². The third-order valence-electron chi connectivity index (χ3n) is 3.86. The van der Waals surface area contributed by atoms with E-state index in [0.717, 1.165) is 5.56 Å². The van der Waals surface area contributed by atoms with E-state index in [9.17, 15) is 13.6 Å². The SMILES string of the molecule is NC1=C(c2cccc(OC(F)F)c2)C(=O)C(c2ccccc2)C1. The summed E-state index contributed by atoms with van der Waals surface area (Å²) in [6.07, 6.45) is 0.429. The summed E-state index contributed by atoms with van der Waals surface area (Å²) in [7, 11) is 0. The van der Waals surface area contributed by atoms with Gasteiger partial charge in [0.25, 0.3) is 0 Å². The van der Waals surface area contributed by atoms with Gasteiger partial charge >= 0.3 is 6.61 Å². The van der Waals surface area contributed by atoms with Crippen LogP contribution in [-0.2, 0) is 4.79 Å². The van der Waals surface area contributed by atoms with Crippen molar-refractivity contribution in [2.75, 3.05) is 0 Å². The number of alkyl halides is 2. The third-order valence-corrected chi connectivity index (χ3v) is 3.86. The summed E-state index contributed by atoms with van der Waals surface area (Å²) in [5.74, 6) is -0.414. The second-order valence-electron chi connectivity index (χ2n) is 5.34. The smallest absolute Gasteiger partial charge is 0.387 e. The highest BCUT2D eigenvalue weighted by molar-refractivity contribution is 6.26. The molecule has 5 heteroatoms. The molecule has 0 spiro atoms. The van der Waals surface area contributed by atoms with Crippen LogP contribution in [0.1, 0.15) is 23.5 Å². The van der Waals surface area contributed by atoms with Gasteiger partial charge in [-0.25, -0.2) is 0 Å². The van der Waals surface area contributed by atoms with Gasteiger partial charge in [-0.1, -0.05) is 42.5 Å². The molecule has 0 saturated heterocycles. The zero-order valence-corrected chi connectivity index (χ0v) is 12.2. The van der Waals surface area contributed by atoms with Crippen molar-refractivity contribution in [2.45, 2.75) is 19.0 Å². The average molecular weight is 315 g/mol. The molecular formula is C18H15F2NO2. The van der Waals surface area contributed by atoms with E-state index >= 15 is 0 Å². The molecule has 0 aliphatic heterocycles. The van der Waals surface area contributed by atoms with Crippen LogP contribution < -0.4 is 10.5 Å². The summed E-state index contributed by atoms with van der Waals surface area (Å²) in [4.78, 5) is 12.7. The summed E-state index contributed by atoms with van der Waals surface area (Å²) in [5, 5.41) is 0. The molecule has 1 aliphatic carbocycles. The van der Waals surface area contributed by atoms with Crippen LogP contribution in [-0.4, -0.2) is 12.4 Å². The Morgan fingerprint density at radius 3 is 2.52 bits per heavy atom. The van der Waals surface area contributed by atoms with Crippen LogP contribution in [0.15, 0.2) is 60.3 Å². The van der Waals surface area contributed by atoms with Crippen LogP contribution in [0.3, 0.4) is 0 Å². The van der Waals surface area contributed by atoms with Gasteiger partial charge in [-0.2, -0.15) is 8.78 Å². The molecule has 2 aromatic carbocycles. The number of hydrogen-bond donors (Lipinski definition) is 1. The van der Waals surface area contributed by atoms with Crippen LogP contribution in [0.25, 0.3) is 5.57 Å². The second kappa shape index (κ2) is 6.20. The maximum atomic E-state index is 12.7. The molecule has 1 atom stereocenters. The summed E-state index contributed by atoms with van der Waals surface area (Å²) in [6.45, 7) is -2.91. The van der Waals surface area contributed by atoms with Gasteiger partial charge in [0.05, 0.1) is 5.92 Å². The number of allylic oxidation sites excluding steroid dienone is 2. The lowest BCUT2D eigenvalue weighted by Crippen LogP contribution is -2.08. The van der Waals surface area contributed by atoms with Gasteiger partial charge in [0, 0.05) is 17.7 Å². The monoisotopic (exact) mass is 315 g/mol. The number of halogens is 2. The number of ether oxygens (including phenoxy) is 1. The first kappa shape index (κ1) is 15.2. The summed E-state index contributed by atoms with van der Waals surface area (Å²) < 4.78 is 29.1. The predicted molar refractivity (Wildman–Crippen MR) is 83.0 cm³/mol. The number of ketones is 1. The van der Waals surface area contributed by atoms with Gasteiger partial charge < -0.3 is 10.5 Å². The Bertz CT molecular complexity index is 757. The van der Waals surface area contributed by atoms with E-state index in [1.807, 2.05) is 30.3 Å². The summed E-state index contributed by atoms with van der Waals surface area (Å²) >= 11 is 0. The predicted octanol–water partition coefficient (Wildman–Crippen LogP) is 3.71. The number of carbonyl (C=O) groups excluding carboxylic acids is 1. The van der Waals surface area contributed by atoms with Gasteiger partial charge in [-0.05, 0) is 23.3 Å². The van der Waals surface area contributed by atoms with E-state index in [2.05, 4.69) is 4.74 Å². The lowest BCUT2D eigenvalue weighted by molar-refractivity contribution is -0.114. The molecule has 2 aromatic rings. The minimum atomic E-state index is -2.91. The van der Waals surface area contributed by atoms with Gasteiger partial charge in [0.15, 0.2) is 5.78 Å². The van der Waals surface area contributed by atoms with Crippen LogP contribution in [0, 0.1) is 0 Å². The molecule has 0 bridgehead atoms. The Morgan fingerprint density at radius 1 is 1.09 bits per heavy atom. The van der Waals surface area contributed by atoms with Crippen LogP contribution in [0.2, 0.25) is 0 Å². The Morgan fingerprint density at radius 2 is 1.83 bits per heavy atom. The number of hydrogen-bond acceptors (Lipinski definition) is 3. The van der Waals surface area contributed by atoms with Crippen molar-refractivity contribution >= 4 is 11.4 Å². The molecule has 0 saturated carbocycles. The molecule has 23 heavy (non-hydrogen) atoms. The Hall–Kier alpha value is -2.69. The fourth-order valence-corrected chi connectivity index (χ4v) is 2.86. The average Bonchev–Trinajstić information content (AvgIpc) is 2.82. The van der Waals surface area contributed by atoms with Crippen LogP contribution >= 0.6 is 0 Å². The van der Waals surface area contributed by atoms with E-state index in [1.165, 1.54) is 12.1 Å². The van der Waals surface area contributed by atoms with E-state index < -0.39 is 6.61 Å². The molecule has 0 radical (unpaired) electrons. The largest absolute Gasteiger partial charge is 0.435 e. The van der Waals surface area contributed by atoms with Crippen molar-refractivity contribution in [3.8, 4) is 5.75 Å². The molecule has 1 aliphatic rings. The van der Waals surface area contributed by atoms with Crippen molar-refractivity contribution in [3.05, 3.63) is 71.4 Å². The molecular weight excluding hydrogens is 300 g/mol. The van der Waals surface area contributed by atoms with Crippen LogP contribution in [0.5, 0.6) is 5.75 Å². The normalized spacial score (nSPS) is 17.9. The topological polar surface area (TPSA) is 52.3 Å². The highest BCUT2D eigenvalue weighted by Gasteiger charge is 2.33. The molecule has 0 amide bonds. The zero-order valence-electron chi connectivity index (χ0n) is 12.2. The Labute approximate surface area is 132 Å². The maximum Gasteiger partial charge on any atom is 0.387 e. The zero-order chi connectivity index (χ0) is 16.4. The first-order chi connectivity index (χ1) is 11.1. The Balaban J connectivity index is 1.91. The van der Waals surface area contributed by atoms with Gasteiger partial charge in [-0.3, -0.25) is 4.79 Å². The van der Waals surface area contributed by atoms with Crippen molar-refractivity contribution in [3.63, 3.8) is 0 Å². The Kier molecular flexibility index (Phi) is 4.10. The molecule has 2 N–H and O–H groups in total. The van der Waals surface area contributed by atoms with E-state index in [-0.39, 0.29) is 17.5 Å². The van der Waals surface area contributed by atoms with Crippen molar-refractivity contribution in [1.82, 2.24) is 0 Å². The lowest BCUT2D eigenvalue weighted by Gasteiger charge is -2.10. The van der Waals surface area contributed by atoms with Crippen molar-refractivity contribution < 1.29 is 18.3 Å². The van der Waals surface area contributed by atoms with Gasteiger partial charge in [-0.15, -0.1) is 0 Å². The molecule has 3 rings (SSSR count). The van der Waals surface area contributed by atoms with Crippen LogP contribution in [0.4, 0.5) is 8.78 Å². The van der Waals surface area contributed by atoms with E-state index in [0.29, 0.717) is 23.3 Å². The number of benzene rings is 2. The maximum absolute atomic E-state index is 12.7. The molecule has 0 fully saturated rings. The molecule has 3 nitrogen and oxygen atoms in total. The minimum Gasteiger partial charge on any atom is -0.435 e. The van der Waals surface area contributed by atoms with Crippen molar-refractivity contribution in [2.24, 2.45) is 5.73 Å². The molecule has 1 unspecified atom stereocenters. The van der Waals surface area contributed by atoms with Crippen molar-refractivity contribution in [1.29, 1.82) is 0 Å². The molecule has 0 aromatic heterocycles. The van der Waals surface area contributed by atoms with E-state index in [1.54, 1.807) is 12.1 Å². The first-order valence-electron chi connectivity index (χ1n) is 7.19. The number of Topliss-reactive ketones (excluding diaryl/α,β-unsaturated/α-hetero) is 1. The van der Waals surface area contributed by atoms with Gasteiger partial charge in [0.2, 0.25) is 0 Å². The highest BCUT2D eigenvalue weighted by Crippen LogP contribution is 2.39. The van der Waals surface area contributed by atoms with Gasteiger partial charge in [0.1, 0.15) is 5.75 Å². The summed E-state index contributed by atoms with van der Waals surface area (Å²) in [5.41, 5.74) is 8.31. The number of nitrogens with two attached hydrogens (primary N) is 1. The second-order valence-corrected chi connectivity index (χ2v) is 5.34.